The molecule has 0 unspecified atom stereocenters. The molecule has 1 N–H and O–H groups in total. The average Bonchev–Trinajstić information content (AvgIpc) is 3.14. The first-order valence-electron chi connectivity index (χ1n) is 8.89. The highest BCUT2D eigenvalue weighted by Crippen LogP contribution is 2.23. The summed E-state index contributed by atoms with van der Waals surface area (Å²) >= 11 is 0. The summed E-state index contributed by atoms with van der Waals surface area (Å²) < 4.78 is 34.2. The number of ether oxygens (including phenoxy) is 1. The van der Waals surface area contributed by atoms with Crippen LogP contribution in [0.2, 0.25) is 0 Å². The van der Waals surface area contributed by atoms with Gasteiger partial charge in [-0.2, -0.15) is 0 Å². The summed E-state index contributed by atoms with van der Waals surface area (Å²) in [6.45, 7) is 3.97. The lowest BCUT2D eigenvalue weighted by Crippen LogP contribution is -2.20. The Labute approximate surface area is 168 Å². The van der Waals surface area contributed by atoms with Gasteiger partial charge in [-0.25, -0.2) is 8.42 Å². The van der Waals surface area contributed by atoms with Crippen molar-refractivity contribution in [1.82, 2.24) is 10.2 Å². The molecule has 0 saturated carbocycles. The Morgan fingerprint density at radius 1 is 1.14 bits per heavy atom. The second-order valence-corrected chi connectivity index (χ2v) is 8.79. The van der Waals surface area contributed by atoms with Crippen molar-refractivity contribution in [3.8, 4) is 17.2 Å². The van der Waals surface area contributed by atoms with Crippen LogP contribution in [0.5, 0.6) is 5.75 Å². The third-order valence-corrected chi connectivity index (χ3v) is 5.21. The Hall–Kier alpha value is -3.20. The third-order valence-electron chi connectivity index (χ3n) is 4.10. The largest absolute Gasteiger partial charge is 0.484 e. The van der Waals surface area contributed by atoms with Gasteiger partial charge in [-0.3, -0.25) is 10.1 Å². The molecule has 1 aromatic heterocycles. The van der Waals surface area contributed by atoms with Crippen LogP contribution in [0.4, 0.5) is 6.01 Å². The number of rotatable bonds is 7. The van der Waals surface area contributed by atoms with Crippen molar-refractivity contribution in [2.45, 2.75) is 24.7 Å². The standard InChI is InChI=1S/C20H21N3O5S/c1-13(2)14-7-9-16(10-8-14)27-12-18(24)21-20-23-22-19(28-20)15-5-4-6-17(11-15)29(3,25)26/h4-11,13H,12H2,1-3H3,(H,21,23,24). The monoisotopic (exact) mass is 415 g/mol. The van der Waals surface area contributed by atoms with Gasteiger partial charge in [-0.05, 0) is 41.8 Å². The van der Waals surface area contributed by atoms with Crippen molar-refractivity contribution in [1.29, 1.82) is 0 Å². The minimum absolute atomic E-state index is 0.0935. The first-order valence-corrected chi connectivity index (χ1v) is 10.8. The molecule has 1 amide bonds. The van der Waals surface area contributed by atoms with Crippen molar-refractivity contribution >= 4 is 21.8 Å². The minimum Gasteiger partial charge on any atom is -0.484 e. The number of carbonyl (C=O) groups excluding carboxylic acids is 1. The zero-order valence-electron chi connectivity index (χ0n) is 16.2. The zero-order chi connectivity index (χ0) is 21.0. The van der Waals surface area contributed by atoms with Crippen LogP contribution in [0.15, 0.2) is 57.8 Å². The molecule has 8 nitrogen and oxygen atoms in total. The SMILES string of the molecule is CC(C)c1ccc(OCC(=O)Nc2nnc(-c3cccc(S(C)(=O)=O)c3)o2)cc1. The Morgan fingerprint density at radius 3 is 2.52 bits per heavy atom. The van der Waals surface area contributed by atoms with Gasteiger partial charge in [0.25, 0.3) is 5.91 Å². The van der Waals surface area contributed by atoms with Gasteiger partial charge < -0.3 is 9.15 Å². The van der Waals surface area contributed by atoms with Crippen LogP contribution in [-0.4, -0.2) is 37.4 Å². The summed E-state index contributed by atoms with van der Waals surface area (Å²) in [5, 5.41) is 10.1. The van der Waals surface area contributed by atoms with Crippen LogP contribution >= 0.6 is 0 Å². The van der Waals surface area contributed by atoms with Crippen LogP contribution < -0.4 is 10.1 Å². The molecule has 0 aliphatic rings. The third kappa shape index (κ3) is 5.41. The van der Waals surface area contributed by atoms with E-state index in [1.54, 1.807) is 12.1 Å². The number of hydrogen-bond donors (Lipinski definition) is 1. The first kappa shape index (κ1) is 20.5. The summed E-state index contributed by atoms with van der Waals surface area (Å²) in [5.74, 6) is 0.625. The Morgan fingerprint density at radius 2 is 1.86 bits per heavy atom. The van der Waals surface area contributed by atoms with Gasteiger partial charge in [0.2, 0.25) is 5.89 Å². The fourth-order valence-corrected chi connectivity index (χ4v) is 3.17. The van der Waals surface area contributed by atoms with Crippen LogP contribution in [0, 0.1) is 0 Å². The highest BCUT2D eigenvalue weighted by atomic mass is 32.2. The molecule has 9 heteroatoms. The van der Waals surface area contributed by atoms with Gasteiger partial charge in [-0.15, -0.1) is 5.10 Å². The van der Waals surface area contributed by atoms with E-state index < -0.39 is 15.7 Å². The topological polar surface area (TPSA) is 111 Å². The number of carbonyl (C=O) groups is 1. The van der Waals surface area contributed by atoms with E-state index in [2.05, 4.69) is 29.4 Å². The number of nitrogens with one attached hydrogen (secondary N) is 1. The van der Waals surface area contributed by atoms with E-state index >= 15 is 0 Å². The van der Waals surface area contributed by atoms with Gasteiger partial charge in [0.15, 0.2) is 16.4 Å². The molecular formula is C20H21N3O5S. The van der Waals surface area contributed by atoms with Gasteiger partial charge in [0, 0.05) is 11.8 Å². The Kier molecular flexibility index (Phi) is 5.97. The fourth-order valence-electron chi connectivity index (χ4n) is 2.50. The van der Waals surface area contributed by atoms with Crippen molar-refractivity contribution in [3.05, 3.63) is 54.1 Å². The second kappa shape index (κ2) is 8.44. The van der Waals surface area contributed by atoms with Crippen molar-refractivity contribution in [2.24, 2.45) is 0 Å². The van der Waals surface area contributed by atoms with Crippen molar-refractivity contribution in [3.63, 3.8) is 0 Å². The molecule has 0 atom stereocenters. The number of hydrogen-bond acceptors (Lipinski definition) is 7. The van der Waals surface area contributed by atoms with E-state index in [4.69, 9.17) is 9.15 Å². The zero-order valence-corrected chi connectivity index (χ0v) is 17.1. The predicted octanol–water partition coefficient (Wildman–Crippen LogP) is 3.28. The average molecular weight is 415 g/mol. The summed E-state index contributed by atoms with van der Waals surface area (Å²) in [4.78, 5) is 12.2. The van der Waals surface area contributed by atoms with Gasteiger partial charge in [0.1, 0.15) is 5.75 Å². The lowest BCUT2D eigenvalue weighted by molar-refractivity contribution is -0.118. The molecule has 152 valence electrons. The van der Waals surface area contributed by atoms with E-state index in [1.807, 2.05) is 24.3 Å². The molecule has 3 rings (SSSR count). The van der Waals surface area contributed by atoms with Crippen molar-refractivity contribution < 1.29 is 22.4 Å². The molecule has 1 heterocycles. The van der Waals surface area contributed by atoms with Crippen LogP contribution in [0.25, 0.3) is 11.5 Å². The van der Waals surface area contributed by atoms with Gasteiger partial charge >= 0.3 is 6.01 Å². The highest BCUT2D eigenvalue weighted by Gasteiger charge is 2.14. The molecule has 0 aliphatic heterocycles. The molecule has 0 fully saturated rings. The van der Waals surface area contributed by atoms with Gasteiger partial charge in [-0.1, -0.05) is 37.1 Å². The van der Waals surface area contributed by atoms with Gasteiger partial charge in [0.05, 0.1) is 4.90 Å². The normalized spacial score (nSPS) is 11.4. The molecule has 3 aromatic rings. The van der Waals surface area contributed by atoms with E-state index in [0.29, 0.717) is 17.2 Å². The maximum absolute atomic E-state index is 12.0. The van der Waals surface area contributed by atoms with E-state index in [9.17, 15) is 13.2 Å². The summed E-state index contributed by atoms with van der Waals surface area (Å²) in [7, 11) is -3.36. The molecule has 0 radical (unpaired) electrons. The number of anilines is 1. The lowest BCUT2D eigenvalue weighted by atomic mass is 10.0. The lowest BCUT2D eigenvalue weighted by Gasteiger charge is -2.08. The molecule has 0 spiro atoms. The Balaban J connectivity index is 1.60. The fraction of sp³-hybridized carbons (Fsp3) is 0.250. The molecular weight excluding hydrogens is 394 g/mol. The van der Waals surface area contributed by atoms with Crippen LogP contribution in [0.3, 0.4) is 0 Å². The quantitative estimate of drug-likeness (QED) is 0.630. The number of aromatic nitrogens is 2. The first-order chi connectivity index (χ1) is 13.7. The molecule has 0 saturated heterocycles. The molecule has 29 heavy (non-hydrogen) atoms. The van der Waals surface area contributed by atoms with Crippen LogP contribution in [-0.2, 0) is 14.6 Å². The second-order valence-electron chi connectivity index (χ2n) is 6.77. The summed E-state index contributed by atoms with van der Waals surface area (Å²) in [6.07, 6.45) is 1.11. The van der Waals surface area contributed by atoms with E-state index in [0.717, 1.165) is 6.26 Å². The maximum atomic E-state index is 12.0. The number of sulfone groups is 1. The van der Waals surface area contributed by atoms with E-state index in [-0.39, 0.29) is 23.4 Å². The summed E-state index contributed by atoms with van der Waals surface area (Å²) in [6, 6.07) is 13.5. The number of nitrogens with zero attached hydrogens (tertiary/aromatic N) is 2. The predicted molar refractivity (Wildman–Crippen MR) is 107 cm³/mol. The number of amides is 1. The smallest absolute Gasteiger partial charge is 0.322 e. The Bertz CT molecular complexity index is 1110. The van der Waals surface area contributed by atoms with Crippen molar-refractivity contribution in [2.75, 3.05) is 18.2 Å². The van der Waals surface area contributed by atoms with Crippen LogP contribution in [0.1, 0.15) is 25.3 Å². The minimum atomic E-state index is -3.36. The highest BCUT2D eigenvalue weighted by molar-refractivity contribution is 7.90. The molecule has 0 bridgehead atoms. The maximum Gasteiger partial charge on any atom is 0.322 e. The number of benzene rings is 2. The van der Waals surface area contributed by atoms with E-state index in [1.165, 1.54) is 17.7 Å². The summed E-state index contributed by atoms with van der Waals surface area (Å²) in [5.41, 5.74) is 1.61. The molecule has 2 aromatic carbocycles. The molecule has 0 aliphatic carbocycles.